The van der Waals surface area contributed by atoms with Crippen molar-refractivity contribution in [2.24, 2.45) is 5.92 Å². The highest BCUT2D eigenvalue weighted by atomic mass is 79.9. The van der Waals surface area contributed by atoms with Crippen LogP contribution in [0.15, 0.2) is 16.7 Å². The van der Waals surface area contributed by atoms with E-state index in [0.29, 0.717) is 0 Å². The van der Waals surface area contributed by atoms with Gasteiger partial charge < -0.3 is 9.64 Å². The molecule has 0 amide bonds. The second-order valence-electron chi connectivity index (χ2n) is 4.73. The molecule has 3 nitrogen and oxygen atoms in total. The number of ether oxygens (including phenoxy) is 1. The maximum atomic E-state index is 5.38. The summed E-state index contributed by atoms with van der Waals surface area (Å²) in [5, 5.41) is 0. The van der Waals surface area contributed by atoms with Gasteiger partial charge in [-0.3, -0.25) is 0 Å². The highest BCUT2D eigenvalue weighted by molar-refractivity contribution is 9.10. The summed E-state index contributed by atoms with van der Waals surface area (Å²) >= 11 is 3.48. The molecule has 0 spiro atoms. The smallest absolute Gasteiger partial charge is 0.128 e. The highest BCUT2D eigenvalue weighted by Crippen LogP contribution is 2.22. The molecule has 1 aromatic heterocycles. The molecule has 0 saturated carbocycles. The Kier molecular flexibility index (Phi) is 4.40. The minimum Gasteiger partial charge on any atom is -0.381 e. The molecule has 0 bridgehead atoms. The number of aryl methyl sites for hydroxylation is 1. The zero-order valence-electron chi connectivity index (χ0n) is 10.4. The van der Waals surface area contributed by atoms with E-state index in [-0.39, 0.29) is 0 Å². The molecule has 0 N–H and O–H groups in total. The molecule has 0 aromatic carbocycles. The first-order chi connectivity index (χ1) is 8.16. The number of nitrogens with zero attached hydrogens (tertiary/aromatic N) is 2. The van der Waals surface area contributed by atoms with E-state index in [0.717, 1.165) is 36.0 Å². The Balaban J connectivity index is 1.98. The predicted octanol–water partition coefficient (Wildman–Crippen LogP) is 3.02. The largest absolute Gasteiger partial charge is 0.381 e. The van der Waals surface area contributed by atoms with Gasteiger partial charge in [0.1, 0.15) is 5.82 Å². The van der Waals surface area contributed by atoms with Crippen molar-refractivity contribution in [1.82, 2.24) is 4.98 Å². The van der Waals surface area contributed by atoms with Crippen LogP contribution in [0.2, 0.25) is 0 Å². The maximum absolute atomic E-state index is 5.38. The fraction of sp³-hybridized carbons (Fsp3) is 0.615. The summed E-state index contributed by atoms with van der Waals surface area (Å²) in [6, 6.07) is 2.13. The maximum Gasteiger partial charge on any atom is 0.128 e. The molecule has 17 heavy (non-hydrogen) atoms. The molecule has 1 aromatic rings. The SMILES string of the molecule is Cc1cc(N(C)CC2CCOCC2)ncc1Br. The van der Waals surface area contributed by atoms with Gasteiger partial charge >= 0.3 is 0 Å². The van der Waals surface area contributed by atoms with Crippen molar-refractivity contribution in [3.63, 3.8) is 0 Å². The van der Waals surface area contributed by atoms with Crippen LogP contribution in [0.3, 0.4) is 0 Å². The van der Waals surface area contributed by atoms with Crippen molar-refractivity contribution < 1.29 is 4.74 Å². The second-order valence-corrected chi connectivity index (χ2v) is 5.58. The van der Waals surface area contributed by atoms with Crippen LogP contribution in [-0.4, -0.2) is 31.8 Å². The van der Waals surface area contributed by atoms with Gasteiger partial charge in [0.2, 0.25) is 0 Å². The summed E-state index contributed by atoms with van der Waals surface area (Å²) in [7, 11) is 2.12. The fourth-order valence-electron chi connectivity index (χ4n) is 2.14. The van der Waals surface area contributed by atoms with Gasteiger partial charge in [-0.15, -0.1) is 0 Å². The zero-order valence-corrected chi connectivity index (χ0v) is 12.0. The Bertz CT molecular complexity index is 378. The van der Waals surface area contributed by atoms with Gasteiger partial charge in [0.15, 0.2) is 0 Å². The number of aromatic nitrogens is 1. The van der Waals surface area contributed by atoms with Crippen LogP contribution in [0.1, 0.15) is 18.4 Å². The third-order valence-corrected chi connectivity index (χ3v) is 4.13. The van der Waals surface area contributed by atoms with Gasteiger partial charge in [-0.25, -0.2) is 4.98 Å². The van der Waals surface area contributed by atoms with Gasteiger partial charge in [-0.2, -0.15) is 0 Å². The third-order valence-electron chi connectivity index (χ3n) is 3.30. The predicted molar refractivity (Wildman–Crippen MR) is 73.5 cm³/mol. The van der Waals surface area contributed by atoms with Gasteiger partial charge in [0.05, 0.1) is 0 Å². The molecule has 1 aliphatic rings. The number of hydrogen-bond acceptors (Lipinski definition) is 3. The molecular formula is C13H19BrN2O. The molecule has 0 unspecified atom stereocenters. The van der Waals surface area contributed by atoms with Crippen LogP contribution < -0.4 is 4.90 Å². The first-order valence-electron chi connectivity index (χ1n) is 6.08. The van der Waals surface area contributed by atoms with Crippen molar-refractivity contribution in [2.45, 2.75) is 19.8 Å². The van der Waals surface area contributed by atoms with Gasteiger partial charge in [-0.1, -0.05) is 0 Å². The molecule has 94 valence electrons. The first kappa shape index (κ1) is 12.8. The molecule has 2 rings (SSSR count). The minimum absolute atomic E-state index is 0.736. The van der Waals surface area contributed by atoms with Crippen LogP contribution in [0.4, 0.5) is 5.82 Å². The van der Waals surface area contributed by atoms with Crippen molar-refractivity contribution in [3.05, 3.63) is 22.3 Å². The molecule has 1 aliphatic heterocycles. The topological polar surface area (TPSA) is 25.4 Å². The summed E-state index contributed by atoms with van der Waals surface area (Å²) < 4.78 is 6.45. The van der Waals surface area contributed by atoms with Crippen LogP contribution in [0.25, 0.3) is 0 Å². The number of pyridine rings is 1. The normalized spacial score (nSPS) is 17.1. The number of anilines is 1. The molecule has 2 heterocycles. The van der Waals surface area contributed by atoms with Crippen molar-refractivity contribution in [2.75, 3.05) is 31.7 Å². The Hall–Kier alpha value is -0.610. The fourth-order valence-corrected chi connectivity index (χ4v) is 2.36. The number of hydrogen-bond donors (Lipinski definition) is 0. The minimum atomic E-state index is 0.736. The lowest BCUT2D eigenvalue weighted by molar-refractivity contribution is 0.0685. The summed E-state index contributed by atoms with van der Waals surface area (Å²) in [6.45, 7) is 4.98. The van der Waals surface area contributed by atoms with Crippen LogP contribution in [0, 0.1) is 12.8 Å². The van der Waals surface area contributed by atoms with Crippen LogP contribution >= 0.6 is 15.9 Å². The van der Waals surface area contributed by atoms with E-state index in [1.54, 1.807) is 0 Å². The van der Waals surface area contributed by atoms with E-state index in [1.165, 1.54) is 18.4 Å². The summed E-state index contributed by atoms with van der Waals surface area (Å²) in [4.78, 5) is 6.70. The zero-order chi connectivity index (χ0) is 12.3. The number of rotatable bonds is 3. The van der Waals surface area contributed by atoms with E-state index in [2.05, 4.69) is 45.9 Å². The van der Waals surface area contributed by atoms with E-state index < -0.39 is 0 Å². The van der Waals surface area contributed by atoms with E-state index in [4.69, 9.17) is 4.74 Å². The van der Waals surface area contributed by atoms with Crippen LogP contribution in [0.5, 0.6) is 0 Å². The standard InChI is InChI=1S/C13H19BrN2O/c1-10-7-13(15-8-12(10)14)16(2)9-11-3-5-17-6-4-11/h7-8,11H,3-6,9H2,1-2H3. The Labute approximate surface area is 111 Å². The summed E-state index contributed by atoms with van der Waals surface area (Å²) in [5.41, 5.74) is 1.23. The summed E-state index contributed by atoms with van der Waals surface area (Å²) in [6.07, 6.45) is 4.21. The Morgan fingerprint density at radius 2 is 2.18 bits per heavy atom. The molecule has 0 radical (unpaired) electrons. The second kappa shape index (κ2) is 5.83. The van der Waals surface area contributed by atoms with Gasteiger partial charge in [-0.05, 0) is 53.2 Å². The average molecular weight is 299 g/mol. The molecule has 1 fully saturated rings. The average Bonchev–Trinajstić information content (AvgIpc) is 2.34. The highest BCUT2D eigenvalue weighted by Gasteiger charge is 2.16. The van der Waals surface area contributed by atoms with Crippen LogP contribution in [-0.2, 0) is 4.74 Å². The Morgan fingerprint density at radius 1 is 1.47 bits per heavy atom. The molecular weight excluding hydrogens is 280 g/mol. The molecule has 1 saturated heterocycles. The van der Waals surface area contributed by atoms with Crippen molar-refractivity contribution in [3.8, 4) is 0 Å². The van der Waals surface area contributed by atoms with E-state index in [9.17, 15) is 0 Å². The lowest BCUT2D eigenvalue weighted by atomic mass is 10.00. The number of halogens is 1. The van der Waals surface area contributed by atoms with E-state index >= 15 is 0 Å². The van der Waals surface area contributed by atoms with Crippen molar-refractivity contribution in [1.29, 1.82) is 0 Å². The lowest BCUT2D eigenvalue weighted by Gasteiger charge is -2.28. The summed E-state index contributed by atoms with van der Waals surface area (Å²) in [5.74, 6) is 1.79. The van der Waals surface area contributed by atoms with Gasteiger partial charge in [0.25, 0.3) is 0 Å². The molecule has 0 aliphatic carbocycles. The molecule has 0 atom stereocenters. The van der Waals surface area contributed by atoms with E-state index in [1.807, 2.05) is 6.20 Å². The monoisotopic (exact) mass is 298 g/mol. The first-order valence-corrected chi connectivity index (χ1v) is 6.87. The Morgan fingerprint density at radius 3 is 2.82 bits per heavy atom. The van der Waals surface area contributed by atoms with Crippen molar-refractivity contribution >= 4 is 21.7 Å². The van der Waals surface area contributed by atoms with Gasteiger partial charge in [0, 0.05) is 37.5 Å². The third kappa shape index (κ3) is 3.42. The lowest BCUT2D eigenvalue weighted by Crippen LogP contribution is -2.30. The molecule has 4 heteroatoms. The quantitative estimate of drug-likeness (QED) is 0.858.